The first-order valence-electron chi connectivity index (χ1n) is 19.0. The van der Waals surface area contributed by atoms with Gasteiger partial charge in [-0.25, -0.2) is 31.9 Å². The fourth-order valence-electron chi connectivity index (χ4n) is 6.42. The van der Waals surface area contributed by atoms with Crippen molar-refractivity contribution in [2.75, 3.05) is 34.3 Å². The summed E-state index contributed by atoms with van der Waals surface area (Å²) in [7, 11) is 0. The molecule has 6 rings (SSSR count). The van der Waals surface area contributed by atoms with E-state index in [1.807, 2.05) is 48.5 Å². The van der Waals surface area contributed by atoms with Crippen LogP contribution in [0.5, 0.6) is 0 Å². The monoisotopic (exact) mass is 771 g/mol. The normalized spacial score (nSPS) is 19.4. The molecule has 0 aromatic heterocycles. The zero-order chi connectivity index (χ0) is 40.7. The standard InChI is InChI=1S/C14H17F2NO2.2C14H18FNO2/c1-4-10-7-17(14(18)19-10)9-5-11(15)13(8(2)3)12(16)6-9;2*1-4-11-8-16(14(17)18-11)10-5-6-12(9(2)3)13(15)7-10/h5-6,8,10H,4,7H2,1-3H3;2*5-7,9,11H,4,8H2,1-3H3. The number of anilines is 3. The van der Waals surface area contributed by atoms with Crippen molar-refractivity contribution in [1.82, 2.24) is 0 Å². The van der Waals surface area contributed by atoms with E-state index in [0.29, 0.717) is 48.6 Å². The van der Waals surface area contributed by atoms with Gasteiger partial charge in [-0.3, -0.25) is 14.7 Å². The van der Waals surface area contributed by atoms with Crippen LogP contribution in [0.3, 0.4) is 0 Å². The minimum Gasteiger partial charge on any atom is -0.444 e. The number of hydrogen-bond acceptors (Lipinski definition) is 6. The number of rotatable bonds is 9. The van der Waals surface area contributed by atoms with E-state index < -0.39 is 29.9 Å². The van der Waals surface area contributed by atoms with Crippen LogP contribution >= 0.6 is 0 Å². The highest BCUT2D eigenvalue weighted by molar-refractivity contribution is 5.91. The van der Waals surface area contributed by atoms with Gasteiger partial charge in [-0.1, -0.05) is 74.4 Å². The van der Waals surface area contributed by atoms with Gasteiger partial charge in [0, 0.05) is 5.56 Å². The molecule has 3 aliphatic heterocycles. The molecule has 3 heterocycles. The molecule has 3 aromatic rings. The van der Waals surface area contributed by atoms with Crippen molar-refractivity contribution in [2.24, 2.45) is 0 Å². The maximum Gasteiger partial charge on any atom is 0.414 e. The highest BCUT2D eigenvalue weighted by atomic mass is 19.1. The molecule has 0 bridgehead atoms. The fraction of sp³-hybridized carbons (Fsp3) is 0.500. The van der Waals surface area contributed by atoms with Crippen molar-refractivity contribution < 1.29 is 46.2 Å². The van der Waals surface area contributed by atoms with E-state index >= 15 is 0 Å². The Bertz CT molecular complexity index is 1730. The topological polar surface area (TPSA) is 88.6 Å². The smallest absolute Gasteiger partial charge is 0.414 e. The van der Waals surface area contributed by atoms with E-state index in [2.05, 4.69) is 0 Å². The summed E-state index contributed by atoms with van der Waals surface area (Å²) < 4.78 is 71.0. The Morgan fingerprint density at radius 2 is 0.818 bits per heavy atom. The lowest BCUT2D eigenvalue weighted by Crippen LogP contribution is -2.25. The molecular formula is C42H53F4N3O6. The second-order valence-corrected chi connectivity index (χ2v) is 14.8. The second-order valence-electron chi connectivity index (χ2n) is 14.8. The molecule has 3 aliphatic rings. The Balaban J connectivity index is 0.000000184. The number of halogens is 4. The van der Waals surface area contributed by atoms with Crippen molar-refractivity contribution in [1.29, 1.82) is 0 Å². The van der Waals surface area contributed by atoms with Gasteiger partial charge in [0.1, 0.15) is 41.6 Å². The molecule has 0 spiro atoms. The van der Waals surface area contributed by atoms with Crippen molar-refractivity contribution in [2.45, 2.75) is 118 Å². The first kappa shape index (κ1) is 42.9. The lowest BCUT2D eigenvalue weighted by molar-refractivity contribution is 0.138. The molecule has 0 aliphatic carbocycles. The number of hydrogen-bond donors (Lipinski definition) is 0. The molecule has 3 saturated heterocycles. The van der Waals surface area contributed by atoms with Gasteiger partial charge in [-0.15, -0.1) is 0 Å². The average Bonchev–Trinajstić information content (AvgIpc) is 3.83. The Labute approximate surface area is 321 Å². The SMILES string of the molecule is CCC1CN(c2cc(F)c(C(C)C)c(F)c2)C(=O)O1.CCC1CN(c2ccc(C(C)C)c(F)c2)C(=O)O1.CCC1CN(c2ccc(C(C)C)c(F)c2)C(=O)O1. The summed E-state index contributed by atoms with van der Waals surface area (Å²) in [6, 6.07) is 12.2. The summed E-state index contributed by atoms with van der Waals surface area (Å²) in [5.41, 5.74) is 2.72. The highest BCUT2D eigenvalue weighted by Crippen LogP contribution is 2.31. The number of benzene rings is 3. The fourth-order valence-corrected chi connectivity index (χ4v) is 6.42. The third-order valence-electron chi connectivity index (χ3n) is 9.78. The quantitative estimate of drug-likeness (QED) is 0.159. The number of nitrogens with zero attached hydrogens (tertiary/aromatic N) is 3. The molecule has 3 atom stereocenters. The summed E-state index contributed by atoms with van der Waals surface area (Å²) in [5, 5.41) is 0. The van der Waals surface area contributed by atoms with Crippen LogP contribution in [0.4, 0.5) is 49.0 Å². The van der Waals surface area contributed by atoms with Crippen molar-refractivity contribution in [3.8, 4) is 0 Å². The summed E-state index contributed by atoms with van der Waals surface area (Å²) in [6.07, 6.45) is 0.486. The molecule has 13 heteroatoms. The average molecular weight is 772 g/mol. The van der Waals surface area contributed by atoms with Crippen LogP contribution < -0.4 is 14.7 Å². The number of ether oxygens (including phenoxy) is 3. The number of carbonyl (C=O) groups excluding carboxylic acids is 3. The maximum atomic E-state index is 13.9. The molecule has 3 aromatic carbocycles. The van der Waals surface area contributed by atoms with Gasteiger partial charge in [0.25, 0.3) is 0 Å². The second kappa shape index (κ2) is 18.7. The van der Waals surface area contributed by atoms with Gasteiger partial charge in [0.2, 0.25) is 0 Å². The van der Waals surface area contributed by atoms with Crippen LogP contribution in [0, 0.1) is 23.3 Å². The van der Waals surface area contributed by atoms with Crippen LogP contribution in [0.1, 0.15) is 116 Å². The van der Waals surface area contributed by atoms with Gasteiger partial charge in [-0.05, 0) is 84.5 Å². The molecule has 9 nitrogen and oxygen atoms in total. The Morgan fingerprint density at radius 3 is 1.07 bits per heavy atom. The summed E-state index contributed by atoms with van der Waals surface area (Å²) in [5.74, 6) is -1.77. The first-order valence-corrected chi connectivity index (χ1v) is 19.0. The van der Waals surface area contributed by atoms with Crippen molar-refractivity contribution >= 4 is 35.3 Å². The Hall–Kier alpha value is -4.81. The largest absolute Gasteiger partial charge is 0.444 e. The molecule has 55 heavy (non-hydrogen) atoms. The van der Waals surface area contributed by atoms with E-state index in [1.54, 1.807) is 38.1 Å². The molecule has 0 saturated carbocycles. The van der Waals surface area contributed by atoms with Crippen molar-refractivity contribution in [3.63, 3.8) is 0 Å². The molecular weight excluding hydrogens is 718 g/mol. The molecule has 0 radical (unpaired) electrons. The van der Waals surface area contributed by atoms with E-state index in [9.17, 15) is 31.9 Å². The van der Waals surface area contributed by atoms with E-state index in [0.717, 1.165) is 12.8 Å². The lowest BCUT2D eigenvalue weighted by atomic mass is 10.0. The third-order valence-corrected chi connectivity index (χ3v) is 9.78. The highest BCUT2D eigenvalue weighted by Gasteiger charge is 2.34. The van der Waals surface area contributed by atoms with E-state index in [-0.39, 0.29) is 59.0 Å². The molecule has 3 amide bonds. The van der Waals surface area contributed by atoms with Gasteiger partial charge in [0.15, 0.2) is 0 Å². The van der Waals surface area contributed by atoms with Crippen LogP contribution in [0.15, 0.2) is 48.5 Å². The maximum absolute atomic E-state index is 13.9. The predicted molar refractivity (Wildman–Crippen MR) is 205 cm³/mol. The molecule has 3 fully saturated rings. The summed E-state index contributed by atoms with van der Waals surface area (Å²) >= 11 is 0. The lowest BCUT2D eigenvalue weighted by Gasteiger charge is -2.16. The Morgan fingerprint density at radius 1 is 0.509 bits per heavy atom. The van der Waals surface area contributed by atoms with E-state index in [1.165, 1.54) is 39.0 Å². The van der Waals surface area contributed by atoms with Crippen LogP contribution in [0.2, 0.25) is 0 Å². The van der Waals surface area contributed by atoms with Gasteiger partial charge in [-0.2, -0.15) is 0 Å². The van der Waals surface area contributed by atoms with Crippen LogP contribution in [-0.4, -0.2) is 56.2 Å². The van der Waals surface area contributed by atoms with Gasteiger partial charge in [0.05, 0.1) is 36.7 Å². The van der Waals surface area contributed by atoms with Crippen LogP contribution in [-0.2, 0) is 14.2 Å². The number of cyclic esters (lactones) is 3. The Kier molecular flexibility index (Phi) is 14.6. The van der Waals surface area contributed by atoms with E-state index in [4.69, 9.17) is 14.2 Å². The zero-order valence-electron chi connectivity index (χ0n) is 33.1. The summed E-state index contributed by atoms with van der Waals surface area (Å²) in [6.45, 7) is 18.3. The minimum absolute atomic E-state index is 0.0448. The van der Waals surface area contributed by atoms with Gasteiger partial charge >= 0.3 is 18.3 Å². The number of carbonyl (C=O) groups is 3. The zero-order valence-corrected chi connectivity index (χ0v) is 33.1. The summed E-state index contributed by atoms with van der Waals surface area (Å²) in [4.78, 5) is 39.2. The third kappa shape index (κ3) is 10.3. The molecule has 300 valence electrons. The minimum atomic E-state index is -0.627. The molecule has 0 N–H and O–H groups in total. The van der Waals surface area contributed by atoms with Crippen molar-refractivity contribution in [3.05, 3.63) is 88.5 Å². The van der Waals surface area contributed by atoms with Gasteiger partial charge < -0.3 is 14.2 Å². The van der Waals surface area contributed by atoms with Crippen LogP contribution in [0.25, 0.3) is 0 Å². The predicted octanol–water partition coefficient (Wildman–Crippen LogP) is 11.2. The number of amides is 3. The first-order chi connectivity index (χ1) is 26.0. The molecule has 3 unspecified atom stereocenters.